The molecule has 0 aliphatic carbocycles. The fourth-order valence-electron chi connectivity index (χ4n) is 8.35. The van der Waals surface area contributed by atoms with Crippen molar-refractivity contribution in [3.8, 4) is 5.69 Å². The molecule has 0 atom stereocenters. The maximum atomic E-state index is 2.43. The van der Waals surface area contributed by atoms with Gasteiger partial charge in [0.1, 0.15) is 0 Å². The molecule has 3 heteroatoms. The molecule has 0 saturated heterocycles. The lowest BCUT2D eigenvalue weighted by Crippen LogP contribution is -2.11. The molecule has 0 aliphatic heterocycles. The standard InChI is InChI=1S/C48H30N2S/c1-3-12-33(13-4-1)49(43-20-11-18-40-37-16-7-9-19-42(37)50(48(40)43)34-14-5-2-6-15-34)35-25-27-36-32(30-35)23-22-31-24-26-39-38(46(31)36)28-29-45-47(39)41-17-8-10-21-44(41)51-45/h1-30H. The minimum absolute atomic E-state index is 1.12. The van der Waals surface area contributed by atoms with Crippen molar-refractivity contribution in [3.05, 3.63) is 182 Å². The van der Waals surface area contributed by atoms with E-state index < -0.39 is 0 Å². The molecular weight excluding hydrogens is 637 g/mol. The Morgan fingerprint density at radius 1 is 0.392 bits per heavy atom. The number of para-hydroxylation sites is 4. The minimum Gasteiger partial charge on any atom is -0.308 e. The molecule has 0 bridgehead atoms. The first-order chi connectivity index (χ1) is 25.3. The lowest BCUT2D eigenvalue weighted by Gasteiger charge is -2.27. The number of fused-ring (bicyclic) bond motifs is 12. The van der Waals surface area contributed by atoms with Crippen molar-refractivity contribution in [2.24, 2.45) is 0 Å². The maximum absolute atomic E-state index is 2.43. The molecular formula is C48H30N2S. The third-order valence-electron chi connectivity index (χ3n) is 10.5. The Hall–Kier alpha value is -6.42. The second-order valence-corrected chi connectivity index (χ2v) is 14.4. The molecule has 51 heavy (non-hydrogen) atoms. The number of rotatable bonds is 4. The first-order valence-corrected chi connectivity index (χ1v) is 18.3. The summed E-state index contributed by atoms with van der Waals surface area (Å²) >= 11 is 1.88. The molecule has 11 rings (SSSR count). The third-order valence-corrected chi connectivity index (χ3v) is 11.7. The summed E-state index contributed by atoms with van der Waals surface area (Å²) in [5.41, 5.74) is 6.91. The second-order valence-electron chi connectivity index (χ2n) is 13.3. The summed E-state index contributed by atoms with van der Waals surface area (Å²) in [6.45, 7) is 0. The van der Waals surface area contributed by atoms with Crippen molar-refractivity contribution in [2.45, 2.75) is 0 Å². The van der Waals surface area contributed by atoms with E-state index in [1.807, 2.05) is 11.3 Å². The molecule has 2 aromatic heterocycles. The van der Waals surface area contributed by atoms with E-state index in [2.05, 4.69) is 191 Å². The van der Waals surface area contributed by atoms with Gasteiger partial charge in [-0.3, -0.25) is 0 Å². The Balaban J connectivity index is 1.19. The first-order valence-electron chi connectivity index (χ1n) is 17.4. The molecule has 0 fully saturated rings. The van der Waals surface area contributed by atoms with Gasteiger partial charge in [-0.25, -0.2) is 0 Å². The zero-order chi connectivity index (χ0) is 33.5. The molecule has 0 amide bonds. The van der Waals surface area contributed by atoms with Gasteiger partial charge in [0.2, 0.25) is 0 Å². The molecule has 0 radical (unpaired) electrons. The van der Waals surface area contributed by atoms with E-state index in [0.29, 0.717) is 0 Å². The fraction of sp³-hybridized carbons (Fsp3) is 0. The number of thiophene rings is 1. The predicted octanol–water partition coefficient (Wildman–Crippen LogP) is 14.1. The van der Waals surface area contributed by atoms with Gasteiger partial charge in [0.05, 0.1) is 16.7 Å². The molecule has 0 unspecified atom stereocenters. The summed E-state index contributed by atoms with van der Waals surface area (Å²) in [5.74, 6) is 0. The summed E-state index contributed by atoms with van der Waals surface area (Å²) in [7, 11) is 0. The Kier molecular flexibility index (Phi) is 6.16. The highest BCUT2D eigenvalue weighted by Crippen LogP contribution is 2.46. The van der Waals surface area contributed by atoms with E-state index in [9.17, 15) is 0 Å². The first kappa shape index (κ1) is 28.4. The summed E-state index contributed by atoms with van der Waals surface area (Å²) < 4.78 is 5.10. The summed E-state index contributed by atoms with van der Waals surface area (Å²) in [6.07, 6.45) is 0. The van der Waals surface area contributed by atoms with E-state index in [0.717, 1.165) is 22.7 Å². The number of hydrogen-bond donors (Lipinski definition) is 0. The van der Waals surface area contributed by atoms with Crippen LogP contribution in [0.25, 0.3) is 80.0 Å². The van der Waals surface area contributed by atoms with Gasteiger partial charge >= 0.3 is 0 Å². The Morgan fingerprint density at radius 2 is 1.06 bits per heavy atom. The number of anilines is 3. The monoisotopic (exact) mass is 666 g/mol. The normalized spacial score (nSPS) is 11.9. The lowest BCUT2D eigenvalue weighted by atomic mass is 9.94. The van der Waals surface area contributed by atoms with Crippen LogP contribution in [0.4, 0.5) is 17.1 Å². The lowest BCUT2D eigenvalue weighted by molar-refractivity contribution is 1.17. The smallest absolute Gasteiger partial charge is 0.0782 e. The van der Waals surface area contributed by atoms with Crippen LogP contribution in [0.15, 0.2) is 182 Å². The van der Waals surface area contributed by atoms with Gasteiger partial charge in [0.15, 0.2) is 0 Å². The van der Waals surface area contributed by atoms with Crippen LogP contribution in [0, 0.1) is 0 Å². The molecule has 0 spiro atoms. The molecule has 0 N–H and O–H groups in total. The molecule has 2 heterocycles. The van der Waals surface area contributed by atoms with Gasteiger partial charge in [-0.05, 0) is 93.0 Å². The Labute approximate surface area is 298 Å². The Morgan fingerprint density at radius 3 is 1.94 bits per heavy atom. The highest BCUT2D eigenvalue weighted by atomic mass is 32.1. The molecule has 0 aliphatic rings. The topological polar surface area (TPSA) is 8.17 Å². The van der Waals surface area contributed by atoms with Crippen LogP contribution in [-0.2, 0) is 0 Å². The van der Waals surface area contributed by atoms with Crippen molar-refractivity contribution in [3.63, 3.8) is 0 Å². The van der Waals surface area contributed by atoms with Gasteiger partial charge in [0.25, 0.3) is 0 Å². The summed E-state index contributed by atoms with van der Waals surface area (Å²) in [5, 5.41) is 12.9. The summed E-state index contributed by atoms with van der Waals surface area (Å²) in [4.78, 5) is 2.43. The molecule has 238 valence electrons. The van der Waals surface area contributed by atoms with E-state index in [-0.39, 0.29) is 0 Å². The third kappa shape index (κ3) is 4.22. The van der Waals surface area contributed by atoms with Crippen molar-refractivity contribution in [1.82, 2.24) is 4.57 Å². The number of benzene rings is 9. The van der Waals surface area contributed by atoms with Gasteiger partial charge in [0, 0.05) is 48.0 Å². The zero-order valence-electron chi connectivity index (χ0n) is 27.6. The quantitative estimate of drug-likeness (QED) is 0.170. The zero-order valence-corrected chi connectivity index (χ0v) is 28.4. The van der Waals surface area contributed by atoms with E-state index in [1.54, 1.807) is 0 Å². The minimum atomic E-state index is 1.12. The van der Waals surface area contributed by atoms with Crippen LogP contribution >= 0.6 is 11.3 Å². The highest BCUT2D eigenvalue weighted by Gasteiger charge is 2.22. The average Bonchev–Trinajstić information content (AvgIpc) is 3.75. The van der Waals surface area contributed by atoms with Crippen molar-refractivity contribution in [2.75, 3.05) is 4.90 Å². The van der Waals surface area contributed by atoms with Gasteiger partial charge < -0.3 is 9.47 Å². The van der Waals surface area contributed by atoms with Crippen molar-refractivity contribution in [1.29, 1.82) is 0 Å². The van der Waals surface area contributed by atoms with E-state index in [1.165, 1.54) is 74.3 Å². The van der Waals surface area contributed by atoms with Crippen LogP contribution in [0.3, 0.4) is 0 Å². The average molecular weight is 667 g/mol. The van der Waals surface area contributed by atoms with Crippen LogP contribution in [-0.4, -0.2) is 4.57 Å². The van der Waals surface area contributed by atoms with Crippen LogP contribution < -0.4 is 4.90 Å². The second kappa shape index (κ2) is 11.0. The highest BCUT2D eigenvalue weighted by molar-refractivity contribution is 7.26. The SMILES string of the molecule is c1ccc(N(c2ccc3c(ccc4ccc5c(ccc6sc7ccccc7c65)c43)c2)c2cccc3c4ccccc4n(-c4ccccc4)c23)cc1. The number of nitrogens with zero attached hydrogens (tertiary/aromatic N) is 2. The molecule has 2 nitrogen and oxygen atoms in total. The fourth-order valence-corrected chi connectivity index (χ4v) is 9.47. The van der Waals surface area contributed by atoms with Gasteiger partial charge in [-0.1, -0.05) is 121 Å². The number of hydrogen-bond acceptors (Lipinski definition) is 2. The van der Waals surface area contributed by atoms with Crippen LogP contribution in [0.2, 0.25) is 0 Å². The molecule has 11 aromatic rings. The van der Waals surface area contributed by atoms with E-state index in [4.69, 9.17) is 0 Å². The van der Waals surface area contributed by atoms with Gasteiger partial charge in [-0.15, -0.1) is 11.3 Å². The summed E-state index contributed by atoms with van der Waals surface area (Å²) in [6, 6.07) is 66.7. The molecule has 0 saturated carbocycles. The number of aromatic nitrogens is 1. The van der Waals surface area contributed by atoms with E-state index >= 15 is 0 Å². The molecule has 9 aromatic carbocycles. The van der Waals surface area contributed by atoms with Crippen LogP contribution in [0.5, 0.6) is 0 Å². The van der Waals surface area contributed by atoms with Gasteiger partial charge in [-0.2, -0.15) is 0 Å². The Bertz CT molecular complexity index is 3140. The largest absolute Gasteiger partial charge is 0.308 e. The van der Waals surface area contributed by atoms with Crippen molar-refractivity contribution < 1.29 is 0 Å². The maximum Gasteiger partial charge on any atom is 0.0782 e. The van der Waals surface area contributed by atoms with Crippen molar-refractivity contribution >= 4 is 103 Å². The van der Waals surface area contributed by atoms with Crippen LogP contribution in [0.1, 0.15) is 0 Å². The predicted molar refractivity (Wildman–Crippen MR) is 221 cm³/mol.